The predicted octanol–water partition coefficient (Wildman–Crippen LogP) is 3.63. The topological polar surface area (TPSA) is 175 Å². The third kappa shape index (κ3) is 6.41. The third-order valence-corrected chi connectivity index (χ3v) is 4.69. The minimum atomic E-state index is -0.995. The molecule has 0 aromatic heterocycles. The van der Waals surface area contributed by atoms with Gasteiger partial charge in [-0.05, 0) is 46.8 Å². The molecule has 0 aliphatic rings. The lowest BCUT2D eigenvalue weighted by Crippen LogP contribution is -2.09. The average Bonchev–Trinajstić information content (AvgIpc) is 2.66. The number of hydrogen-bond acceptors (Lipinski definition) is 10. The Hall–Kier alpha value is -4.21. The highest BCUT2D eigenvalue weighted by atomic mass is 16.5. The number of rotatable bonds is 6. The van der Waals surface area contributed by atoms with Gasteiger partial charge in [0.1, 0.15) is 29.1 Å². The van der Waals surface area contributed by atoms with E-state index in [1.165, 1.54) is 47.6 Å². The number of carbonyl (C=O) groups excluding carboxylic acids is 5. The minimum Gasteiger partial charge on any atom is -0.507 e. The summed E-state index contributed by atoms with van der Waals surface area (Å²) in [6, 6.07) is 3.31. The zero-order valence-corrected chi connectivity index (χ0v) is 19.5. The van der Waals surface area contributed by atoms with Gasteiger partial charge in [0.2, 0.25) is 0 Å². The fourth-order valence-electron chi connectivity index (χ4n) is 3.05. The molecule has 10 nitrogen and oxygen atoms in total. The molecule has 4 N–H and O–H groups in total. The molecule has 0 radical (unpaired) electrons. The normalized spacial score (nSPS) is 11.0. The van der Waals surface area contributed by atoms with Crippen LogP contribution < -0.4 is 0 Å². The number of benzene rings is 2. The number of ketones is 4. The summed E-state index contributed by atoms with van der Waals surface area (Å²) in [6.07, 6.45) is -0.995. The first-order valence-corrected chi connectivity index (χ1v) is 9.95. The number of phenolic OH excluding ortho intramolecular Hbond substituents is 4. The Morgan fingerprint density at radius 2 is 0.941 bits per heavy atom. The van der Waals surface area contributed by atoms with Crippen molar-refractivity contribution in [1.82, 2.24) is 0 Å². The van der Waals surface area contributed by atoms with Crippen molar-refractivity contribution in [2.45, 2.75) is 47.6 Å². The molecular formula is C24H26O10. The maximum atomic E-state index is 11.5. The molecule has 0 saturated carbocycles. The van der Waals surface area contributed by atoms with E-state index >= 15 is 0 Å². The molecule has 1 atom stereocenters. The van der Waals surface area contributed by atoms with Crippen LogP contribution in [0.5, 0.6) is 23.0 Å². The van der Waals surface area contributed by atoms with Crippen molar-refractivity contribution < 1.29 is 49.1 Å². The zero-order valence-electron chi connectivity index (χ0n) is 19.5. The SMILES string of the molecule is CC(=O)OC(C)c1c(O)c(C(C)=O)cc(C(C)=O)c1O.CC(=O)c1cc(C(C)=O)c(O)cc1O. The van der Waals surface area contributed by atoms with Crippen LogP contribution in [0.1, 0.15) is 94.6 Å². The summed E-state index contributed by atoms with van der Waals surface area (Å²) in [7, 11) is 0. The van der Waals surface area contributed by atoms with Crippen molar-refractivity contribution in [2.75, 3.05) is 0 Å². The number of phenols is 4. The number of esters is 1. The predicted molar refractivity (Wildman–Crippen MR) is 120 cm³/mol. The second-order valence-corrected chi connectivity index (χ2v) is 7.45. The van der Waals surface area contributed by atoms with Crippen LogP contribution >= 0.6 is 0 Å². The van der Waals surface area contributed by atoms with Crippen molar-refractivity contribution in [3.8, 4) is 23.0 Å². The van der Waals surface area contributed by atoms with E-state index in [4.69, 9.17) is 4.74 Å². The first-order chi connectivity index (χ1) is 15.6. The van der Waals surface area contributed by atoms with Crippen LogP contribution in [0.3, 0.4) is 0 Å². The van der Waals surface area contributed by atoms with E-state index < -0.39 is 35.1 Å². The molecule has 34 heavy (non-hydrogen) atoms. The van der Waals surface area contributed by atoms with Crippen molar-refractivity contribution in [1.29, 1.82) is 0 Å². The smallest absolute Gasteiger partial charge is 0.303 e. The van der Waals surface area contributed by atoms with Crippen LogP contribution in [0.2, 0.25) is 0 Å². The van der Waals surface area contributed by atoms with Gasteiger partial charge in [-0.3, -0.25) is 24.0 Å². The standard InChI is InChI=1S/C14H16O6.C10H10O4/c1-6(15)10-5-11(7(2)16)14(19)12(13(10)18)8(3)20-9(4)17;1-5(11)7-3-8(6(2)12)10(14)4-9(7)13/h5,8,18-19H,1-4H3;3-4,13-14H,1-2H3. The highest BCUT2D eigenvalue weighted by Gasteiger charge is 2.26. The van der Waals surface area contributed by atoms with E-state index in [0.717, 1.165) is 12.1 Å². The highest BCUT2D eigenvalue weighted by molar-refractivity contribution is 6.04. The summed E-state index contributed by atoms with van der Waals surface area (Å²) in [4.78, 5) is 55.9. The largest absolute Gasteiger partial charge is 0.507 e. The zero-order chi connectivity index (χ0) is 26.5. The van der Waals surface area contributed by atoms with E-state index in [9.17, 15) is 44.4 Å². The summed E-state index contributed by atoms with van der Waals surface area (Å²) in [5, 5.41) is 38.6. The van der Waals surface area contributed by atoms with Crippen molar-refractivity contribution >= 4 is 29.1 Å². The minimum absolute atomic E-state index is 0.0352. The first-order valence-electron chi connectivity index (χ1n) is 9.95. The summed E-state index contributed by atoms with van der Waals surface area (Å²) < 4.78 is 4.89. The molecule has 182 valence electrons. The molecule has 0 bridgehead atoms. The second-order valence-electron chi connectivity index (χ2n) is 7.45. The maximum Gasteiger partial charge on any atom is 0.303 e. The lowest BCUT2D eigenvalue weighted by molar-refractivity contribution is -0.145. The molecule has 0 fully saturated rings. The van der Waals surface area contributed by atoms with E-state index in [1.54, 1.807) is 0 Å². The number of aromatic hydroxyl groups is 4. The lowest BCUT2D eigenvalue weighted by Gasteiger charge is -2.18. The van der Waals surface area contributed by atoms with Crippen LogP contribution in [0.25, 0.3) is 0 Å². The Labute approximate surface area is 195 Å². The number of ether oxygens (including phenoxy) is 1. The van der Waals surface area contributed by atoms with E-state index in [2.05, 4.69) is 0 Å². The number of Topliss-reactive ketones (excluding diaryl/α,β-unsaturated/α-hetero) is 4. The van der Waals surface area contributed by atoms with E-state index in [1.807, 2.05) is 0 Å². The third-order valence-electron chi connectivity index (χ3n) is 4.69. The van der Waals surface area contributed by atoms with Gasteiger partial charge >= 0.3 is 5.97 Å². The summed E-state index contributed by atoms with van der Waals surface area (Å²) in [6.45, 7) is 7.58. The first kappa shape index (κ1) is 27.8. The fraction of sp³-hybridized carbons (Fsp3) is 0.292. The van der Waals surface area contributed by atoms with Gasteiger partial charge in [0.25, 0.3) is 0 Å². The quantitative estimate of drug-likeness (QED) is 0.357. The molecule has 2 rings (SSSR count). The van der Waals surface area contributed by atoms with Gasteiger partial charge < -0.3 is 25.2 Å². The Balaban J connectivity index is 0.000000362. The summed E-state index contributed by atoms with van der Waals surface area (Å²) in [5.74, 6) is -3.89. The second kappa shape index (κ2) is 11.1. The molecule has 10 heteroatoms. The molecule has 0 amide bonds. The Bertz CT molecular complexity index is 1100. The van der Waals surface area contributed by atoms with Gasteiger partial charge in [-0.15, -0.1) is 0 Å². The van der Waals surface area contributed by atoms with Crippen LogP contribution in [0.4, 0.5) is 0 Å². The van der Waals surface area contributed by atoms with Crippen LogP contribution in [-0.4, -0.2) is 49.5 Å². The fourth-order valence-corrected chi connectivity index (χ4v) is 3.05. The van der Waals surface area contributed by atoms with Crippen molar-refractivity contribution in [2.24, 2.45) is 0 Å². The van der Waals surface area contributed by atoms with Gasteiger partial charge in [-0.1, -0.05) is 0 Å². The molecule has 0 saturated heterocycles. The Morgan fingerprint density at radius 3 is 1.24 bits per heavy atom. The molecule has 0 spiro atoms. The van der Waals surface area contributed by atoms with Gasteiger partial charge in [-0.2, -0.15) is 0 Å². The molecule has 1 unspecified atom stereocenters. The van der Waals surface area contributed by atoms with Crippen LogP contribution in [-0.2, 0) is 9.53 Å². The molecule has 0 aliphatic carbocycles. The lowest BCUT2D eigenvalue weighted by atomic mass is 9.95. The molecule has 2 aromatic rings. The Morgan fingerprint density at radius 1 is 0.618 bits per heavy atom. The molecule has 0 heterocycles. The van der Waals surface area contributed by atoms with Gasteiger partial charge in [0.15, 0.2) is 23.1 Å². The number of carbonyl (C=O) groups is 5. The van der Waals surface area contributed by atoms with Crippen molar-refractivity contribution in [3.63, 3.8) is 0 Å². The van der Waals surface area contributed by atoms with Gasteiger partial charge in [0.05, 0.1) is 27.8 Å². The number of hydrogen-bond donors (Lipinski definition) is 4. The van der Waals surface area contributed by atoms with Gasteiger partial charge in [0, 0.05) is 13.0 Å². The monoisotopic (exact) mass is 474 g/mol. The van der Waals surface area contributed by atoms with Crippen LogP contribution in [0, 0.1) is 0 Å². The average molecular weight is 474 g/mol. The Kier molecular flexibility index (Phi) is 9.07. The van der Waals surface area contributed by atoms with Crippen LogP contribution in [0.15, 0.2) is 18.2 Å². The molecule has 0 aliphatic heterocycles. The molecule has 2 aromatic carbocycles. The van der Waals surface area contributed by atoms with E-state index in [-0.39, 0.29) is 50.9 Å². The highest BCUT2D eigenvalue weighted by Crippen LogP contribution is 2.40. The summed E-state index contributed by atoms with van der Waals surface area (Å²) in [5.41, 5.74) is -0.303. The van der Waals surface area contributed by atoms with E-state index in [0.29, 0.717) is 0 Å². The summed E-state index contributed by atoms with van der Waals surface area (Å²) >= 11 is 0. The molecular weight excluding hydrogens is 448 g/mol. The van der Waals surface area contributed by atoms with Crippen molar-refractivity contribution in [3.05, 3.63) is 46.0 Å². The maximum absolute atomic E-state index is 11.5. The van der Waals surface area contributed by atoms with Gasteiger partial charge in [-0.25, -0.2) is 0 Å².